The Kier molecular flexibility index (Phi) is 6.87. The molecule has 0 bridgehead atoms. The van der Waals surface area contributed by atoms with Crippen molar-refractivity contribution in [3.05, 3.63) is 11.1 Å². The summed E-state index contributed by atoms with van der Waals surface area (Å²) in [6, 6.07) is -0.0848. The normalized spacial score (nSPS) is 18.2. The summed E-state index contributed by atoms with van der Waals surface area (Å²) in [4.78, 5) is 19.2. The molecule has 0 saturated carbocycles. The number of hydrogen-bond donors (Lipinski definition) is 2. The van der Waals surface area contributed by atoms with Crippen LogP contribution in [0.5, 0.6) is 0 Å². The number of nitrogens with zero attached hydrogens (tertiary/aromatic N) is 2. The summed E-state index contributed by atoms with van der Waals surface area (Å²) < 4.78 is 6.29. The minimum absolute atomic E-state index is 0.0565. The molecule has 0 aliphatic carbocycles. The summed E-state index contributed by atoms with van der Waals surface area (Å²) >= 11 is 1.44. The zero-order valence-electron chi connectivity index (χ0n) is 16.9. The van der Waals surface area contributed by atoms with Gasteiger partial charge in [0.2, 0.25) is 9.04 Å². The Morgan fingerprint density at radius 2 is 2.04 bits per heavy atom. The first-order valence-corrected chi connectivity index (χ1v) is 12.4. The number of hydrogen-bond acceptors (Lipinski definition) is 6. The second-order valence-corrected chi connectivity index (χ2v) is 11.5. The molecule has 6 nitrogen and oxygen atoms in total. The highest BCUT2D eigenvalue weighted by Crippen LogP contribution is 2.30. The summed E-state index contributed by atoms with van der Waals surface area (Å²) in [5.74, 6) is 0.0826. The summed E-state index contributed by atoms with van der Waals surface area (Å²) in [6.45, 7) is 16.1. The van der Waals surface area contributed by atoms with Crippen LogP contribution >= 0.6 is 11.3 Å². The smallest absolute Gasteiger partial charge is 0.271 e. The second-order valence-electron chi connectivity index (χ2n) is 8.63. The Bertz CT molecular complexity index is 609. The molecular formula is C18H32N3O3SSi. The van der Waals surface area contributed by atoms with Crippen molar-refractivity contribution < 1.29 is 14.3 Å². The number of thiazole rings is 1. The number of aromatic nitrogens is 1. The van der Waals surface area contributed by atoms with Crippen LogP contribution < -0.4 is 10.2 Å². The summed E-state index contributed by atoms with van der Waals surface area (Å²) in [5.41, 5.74) is 0.355. The Labute approximate surface area is 162 Å². The van der Waals surface area contributed by atoms with E-state index in [0.29, 0.717) is 18.8 Å². The number of amides is 1. The van der Waals surface area contributed by atoms with E-state index in [1.165, 1.54) is 11.3 Å². The van der Waals surface area contributed by atoms with Gasteiger partial charge in [0.15, 0.2) is 5.13 Å². The lowest BCUT2D eigenvalue weighted by molar-refractivity contribution is 0.0326. The van der Waals surface area contributed by atoms with Gasteiger partial charge >= 0.3 is 0 Å². The number of carbonyl (C=O) groups excluding carboxylic acids is 1. The van der Waals surface area contributed by atoms with Crippen molar-refractivity contribution in [2.45, 2.75) is 66.0 Å². The van der Waals surface area contributed by atoms with Crippen LogP contribution in [0.2, 0.25) is 13.1 Å². The van der Waals surface area contributed by atoms with Crippen molar-refractivity contribution in [1.29, 1.82) is 0 Å². The monoisotopic (exact) mass is 398 g/mol. The zero-order chi connectivity index (χ0) is 19.6. The van der Waals surface area contributed by atoms with Gasteiger partial charge in [-0.3, -0.25) is 4.79 Å². The zero-order valence-corrected chi connectivity index (χ0v) is 18.7. The molecule has 2 atom stereocenters. The van der Waals surface area contributed by atoms with Gasteiger partial charge in [0.05, 0.1) is 18.2 Å². The van der Waals surface area contributed by atoms with Gasteiger partial charge in [0.1, 0.15) is 5.69 Å². The Balaban J connectivity index is 2.11. The van der Waals surface area contributed by atoms with Crippen molar-refractivity contribution in [1.82, 2.24) is 10.3 Å². The van der Waals surface area contributed by atoms with E-state index in [1.807, 2.05) is 4.90 Å². The highest BCUT2D eigenvalue weighted by molar-refractivity contribution is 7.14. The van der Waals surface area contributed by atoms with E-state index in [2.05, 4.69) is 58.0 Å². The van der Waals surface area contributed by atoms with E-state index in [0.717, 1.165) is 5.13 Å². The van der Waals surface area contributed by atoms with Crippen LogP contribution in [0.25, 0.3) is 0 Å². The Morgan fingerprint density at radius 1 is 1.42 bits per heavy atom. The molecule has 1 aliphatic rings. The largest absolute Gasteiger partial charge is 0.412 e. The maximum absolute atomic E-state index is 12.8. The molecule has 1 aliphatic heterocycles. The van der Waals surface area contributed by atoms with E-state index in [1.54, 1.807) is 5.38 Å². The van der Waals surface area contributed by atoms with E-state index >= 15 is 0 Å². The molecule has 0 aromatic carbocycles. The van der Waals surface area contributed by atoms with E-state index < -0.39 is 9.04 Å². The van der Waals surface area contributed by atoms with Crippen LogP contribution in [0.1, 0.15) is 45.1 Å². The molecule has 147 valence electrons. The fourth-order valence-corrected chi connectivity index (χ4v) is 4.82. The van der Waals surface area contributed by atoms with Crippen molar-refractivity contribution in [3.63, 3.8) is 0 Å². The fourth-order valence-electron chi connectivity index (χ4n) is 2.99. The molecule has 1 amide bonds. The van der Waals surface area contributed by atoms with Gasteiger partial charge < -0.3 is 19.7 Å². The summed E-state index contributed by atoms with van der Waals surface area (Å²) in [6.07, 6.45) is -0.343. The van der Waals surface area contributed by atoms with Gasteiger partial charge in [-0.25, -0.2) is 4.98 Å². The first-order chi connectivity index (χ1) is 12.0. The lowest BCUT2D eigenvalue weighted by atomic mass is 9.81. The number of aliphatic hydroxyl groups excluding tert-OH is 1. The van der Waals surface area contributed by atoms with Crippen molar-refractivity contribution >= 4 is 31.4 Å². The highest BCUT2D eigenvalue weighted by atomic mass is 32.1. The van der Waals surface area contributed by atoms with E-state index in [9.17, 15) is 9.90 Å². The van der Waals surface area contributed by atoms with Gasteiger partial charge in [0.25, 0.3) is 5.91 Å². The van der Waals surface area contributed by atoms with Gasteiger partial charge in [0, 0.05) is 18.5 Å². The quantitative estimate of drug-likeness (QED) is 0.691. The molecule has 1 saturated heterocycles. The molecule has 1 fully saturated rings. The van der Waals surface area contributed by atoms with Gasteiger partial charge in [-0.05, 0) is 24.4 Å². The molecule has 1 radical (unpaired) electrons. The number of anilines is 1. The van der Waals surface area contributed by atoms with Crippen LogP contribution in [0.4, 0.5) is 5.13 Å². The van der Waals surface area contributed by atoms with Crippen LogP contribution in [-0.4, -0.2) is 56.4 Å². The Hall–Kier alpha value is -0.963. The molecule has 0 spiro atoms. The predicted octanol–water partition coefficient (Wildman–Crippen LogP) is 2.76. The third-order valence-corrected chi connectivity index (χ3v) is 6.04. The third-order valence-electron chi connectivity index (χ3n) is 4.42. The van der Waals surface area contributed by atoms with Crippen LogP contribution in [-0.2, 0) is 4.43 Å². The first kappa shape index (κ1) is 21.3. The number of β-amino-alcohol motifs (C(OH)–C–C–N with tert-alkyl or cyclic N) is 1. The summed E-state index contributed by atoms with van der Waals surface area (Å²) in [7, 11) is -0.896. The van der Waals surface area contributed by atoms with Crippen molar-refractivity contribution in [2.75, 3.05) is 18.0 Å². The molecule has 2 N–H and O–H groups in total. The lowest BCUT2D eigenvalue weighted by Crippen LogP contribution is -2.54. The molecule has 1 aromatic rings. The van der Waals surface area contributed by atoms with Crippen molar-refractivity contribution in [2.24, 2.45) is 11.3 Å². The van der Waals surface area contributed by atoms with Gasteiger partial charge in [-0.15, -0.1) is 11.3 Å². The average Bonchev–Trinajstić information content (AvgIpc) is 2.95. The van der Waals surface area contributed by atoms with Gasteiger partial charge in [-0.2, -0.15) is 0 Å². The number of nitrogens with one attached hydrogen (secondary N) is 1. The second kappa shape index (κ2) is 8.37. The van der Waals surface area contributed by atoms with Gasteiger partial charge in [-0.1, -0.05) is 34.6 Å². The van der Waals surface area contributed by atoms with Crippen LogP contribution in [0.3, 0.4) is 0 Å². The molecular weight excluding hydrogens is 366 g/mol. The lowest BCUT2D eigenvalue weighted by Gasteiger charge is -2.40. The number of rotatable bonds is 7. The SMILES string of the molecule is CC(C)[C@H](NC(=O)c1csc(N2CC(O)C2)n1)C(O[Si](C)C)C(C)(C)C. The third kappa shape index (κ3) is 5.28. The minimum atomic E-state index is -0.896. The maximum Gasteiger partial charge on any atom is 0.271 e. The van der Waals surface area contributed by atoms with E-state index in [4.69, 9.17) is 4.43 Å². The minimum Gasteiger partial charge on any atom is -0.412 e. The average molecular weight is 399 g/mol. The molecule has 1 aromatic heterocycles. The first-order valence-electron chi connectivity index (χ1n) is 9.15. The van der Waals surface area contributed by atoms with E-state index in [-0.39, 0.29) is 35.5 Å². The molecule has 8 heteroatoms. The topological polar surface area (TPSA) is 74.7 Å². The fraction of sp³-hybridized carbons (Fsp3) is 0.778. The van der Waals surface area contributed by atoms with Crippen molar-refractivity contribution in [3.8, 4) is 0 Å². The molecule has 26 heavy (non-hydrogen) atoms. The Morgan fingerprint density at radius 3 is 2.50 bits per heavy atom. The van der Waals surface area contributed by atoms with Crippen LogP contribution in [0.15, 0.2) is 5.38 Å². The molecule has 2 heterocycles. The number of aliphatic hydroxyl groups is 1. The predicted molar refractivity (Wildman–Crippen MR) is 108 cm³/mol. The number of carbonyl (C=O) groups is 1. The maximum atomic E-state index is 12.8. The molecule has 2 rings (SSSR count). The standard InChI is InChI=1S/C18H32N3O3SSi/c1-11(2)14(15(18(3,4)5)24-26(6)7)20-16(23)13-10-25-17(19-13)21-8-12(22)9-21/h10-12,14-15,22H,8-9H2,1-7H3,(H,20,23)/t14-,15?/m0/s1. The highest BCUT2D eigenvalue weighted by Gasteiger charge is 2.37. The van der Waals surface area contributed by atoms with Crippen LogP contribution in [0, 0.1) is 11.3 Å². The summed E-state index contributed by atoms with van der Waals surface area (Å²) in [5, 5.41) is 15.2. The molecule has 1 unspecified atom stereocenters.